The SMILES string of the molecule is COc1ccc(C2c3c(oc4ccc(Cl)cc4c3=O)C(=O)N2c2nc(C)c(C(C)=O)s2)cc1. The zero-order valence-electron chi connectivity index (χ0n) is 17.8. The molecule has 33 heavy (non-hydrogen) atoms. The topological polar surface area (TPSA) is 89.7 Å². The summed E-state index contributed by atoms with van der Waals surface area (Å²) in [6.07, 6.45) is 0. The van der Waals surface area contributed by atoms with Gasteiger partial charge in [-0.25, -0.2) is 4.98 Å². The van der Waals surface area contributed by atoms with Crippen molar-refractivity contribution in [2.24, 2.45) is 0 Å². The Hall–Kier alpha value is -3.49. The minimum atomic E-state index is -0.789. The summed E-state index contributed by atoms with van der Waals surface area (Å²) in [6, 6.07) is 11.0. The molecule has 7 nitrogen and oxygen atoms in total. The van der Waals surface area contributed by atoms with Gasteiger partial charge in [0.1, 0.15) is 11.3 Å². The van der Waals surface area contributed by atoms with Crippen LogP contribution >= 0.6 is 22.9 Å². The number of fused-ring (bicyclic) bond motifs is 2. The number of Topliss-reactive ketones (excluding diaryl/α,β-unsaturated/α-hetero) is 1. The molecule has 0 N–H and O–H groups in total. The fourth-order valence-electron chi connectivity index (χ4n) is 4.06. The van der Waals surface area contributed by atoms with Gasteiger partial charge in [-0.3, -0.25) is 19.3 Å². The number of thiazole rings is 1. The minimum absolute atomic E-state index is 0.0483. The van der Waals surface area contributed by atoms with E-state index in [1.807, 2.05) is 0 Å². The molecule has 0 saturated heterocycles. The van der Waals surface area contributed by atoms with E-state index in [1.54, 1.807) is 50.4 Å². The Morgan fingerprint density at radius 3 is 2.55 bits per heavy atom. The zero-order chi connectivity index (χ0) is 23.4. The van der Waals surface area contributed by atoms with Crippen molar-refractivity contribution in [2.45, 2.75) is 19.9 Å². The maximum atomic E-state index is 13.6. The van der Waals surface area contributed by atoms with Crippen LogP contribution in [0.1, 0.15) is 50.0 Å². The summed E-state index contributed by atoms with van der Waals surface area (Å²) < 4.78 is 11.2. The number of anilines is 1. The van der Waals surface area contributed by atoms with Crippen molar-refractivity contribution in [3.8, 4) is 5.75 Å². The third-order valence-electron chi connectivity index (χ3n) is 5.57. The van der Waals surface area contributed by atoms with E-state index >= 15 is 0 Å². The lowest BCUT2D eigenvalue weighted by Crippen LogP contribution is -2.29. The lowest BCUT2D eigenvalue weighted by Gasteiger charge is -2.22. The van der Waals surface area contributed by atoms with Crippen LogP contribution in [0.15, 0.2) is 51.7 Å². The number of ether oxygens (including phenoxy) is 1. The van der Waals surface area contributed by atoms with E-state index in [4.69, 9.17) is 20.8 Å². The van der Waals surface area contributed by atoms with Crippen molar-refractivity contribution in [1.82, 2.24) is 4.98 Å². The van der Waals surface area contributed by atoms with Gasteiger partial charge in [0.25, 0.3) is 5.91 Å². The highest BCUT2D eigenvalue weighted by molar-refractivity contribution is 7.17. The molecule has 3 heterocycles. The number of hydrogen-bond acceptors (Lipinski definition) is 7. The van der Waals surface area contributed by atoms with E-state index in [0.717, 1.165) is 11.3 Å². The van der Waals surface area contributed by atoms with Crippen molar-refractivity contribution in [3.05, 3.63) is 85.2 Å². The molecule has 0 fully saturated rings. The summed E-state index contributed by atoms with van der Waals surface area (Å²) in [6.45, 7) is 3.17. The number of amides is 1. The number of ketones is 1. The van der Waals surface area contributed by atoms with Gasteiger partial charge in [-0.05, 0) is 42.8 Å². The average molecular weight is 481 g/mol. The number of carbonyl (C=O) groups is 2. The van der Waals surface area contributed by atoms with Gasteiger partial charge in [0.05, 0.1) is 34.7 Å². The third-order valence-corrected chi connectivity index (χ3v) is 7.07. The fraction of sp³-hybridized carbons (Fsp3) is 0.167. The Morgan fingerprint density at radius 1 is 1.18 bits per heavy atom. The van der Waals surface area contributed by atoms with Crippen molar-refractivity contribution in [3.63, 3.8) is 0 Å². The molecule has 0 spiro atoms. The molecule has 1 atom stereocenters. The number of aryl methyl sites for hydroxylation is 1. The smallest absolute Gasteiger partial charge is 0.297 e. The summed E-state index contributed by atoms with van der Waals surface area (Å²) in [5, 5.41) is 0.990. The Labute approximate surface area is 197 Å². The first kappa shape index (κ1) is 21.4. The first-order chi connectivity index (χ1) is 15.8. The van der Waals surface area contributed by atoms with Crippen LogP contribution in [0.3, 0.4) is 0 Å². The lowest BCUT2D eigenvalue weighted by atomic mass is 9.98. The molecule has 1 unspecified atom stereocenters. The summed E-state index contributed by atoms with van der Waals surface area (Å²) in [5.74, 6) is -0.0522. The molecule has 0 saturated carbocycles. The summed E-state index contributed by atoms with van der Waals surface area (Å²) in [5.41, 5.74) is 1.33. The molecule has 0 radical (unpaired) electrons. The predicted octanol–water partition coefficient (Wildman–Crippen LogP) is 5.17. The van der Waals surface area contributed by atoms with Gasteiger partial charge in [0.15, 0.2) is 16.3 Å². The molecular formula is C24H17ClN2O5S. The number of benzene rings is 2. The van der Waals surface area contributed by atoms with Crippen LogP contribution in [0.4, 0.5) is 5.13 Å². The summed E-state index contributed by atoms with van der Waals surface area (Å²) in [7, 11) is 1.56. The fourth-order valence-corrected chi connectivity index (χ4v) is 5.22. The predicted molar refractivity (Wildman–Crippen MR) is 126 cm³/mol. The minimum Gasteiger partial charge on any atom is -0.497 e. The van der Waals surface area contributed by atoms with Crippen LogP contribution in [0.25, 0.3) is 11.0 Å². The highest BCUT2D eigenvalue weighted by atomic mass is 35.5. The molecular weight excluding hydrogens is 464 g/mol. The first-order valence-electron chi connectivity index (χ1n) is 10.0. The number of halogens is 1. The molecule has 9 heteroatoms. The maximum Gasteiger partial charge on any atom is 0.297 e. The molecule has 2 aromatic carbocycles. The number of carbonyl (C=O) groups excluding carboxylic acids is 2. The van der Waals surface area contributed by atoms with E-state index in [2.05, 4.69) is 4.98 Å². The number of hydrogen-bond donors (Lipinski definition) is 0. The maximum absolute atomic E-state index is 13.6. The second-order valence-electron chi connectivity index (χ2n) is 7.63. The number of rotatable bonds is 4. The Balaban J connectivity index is 1.79. The third kappa shape index (κ3) is 3.34. The Kier molecular flexibility index (Phi) is 5.07. The quantitative estimate of drug-likeness (QED) is 0.374. The Bertz CT molecular complexity index is 1510. The van der Waals surface area contributed by atoms with E-state index in [0.29, 0.717) is 32.0 Å². The lowest BCUT2D eigenvalue weighted by molar-refractivity contribution is 0.0969. The van der Waals surface area contributed by atoms with E-state index in [-0.39, 0.29) is 33.5 Å². The van der Waals surface area contributed by atoms with Crippen LogP contribution in [0, 0.1) is 6.92 Å². The normalized spacial score (nSPS) is 15.2. The van der Waals surface area contributed by atoms with Gasteiger partial charge in [-0.15, -0.1) is 0 Å². The number of nitrogens with zero attached hydrogens (tertiary/aromatic N) is 2. The largest absolute Gasteiger partial charge is 0.497 e. The van der Waals surface area contributed by atoms with Crippen molar-refractivity contribution in [2.75, 3.05) is 12.0 Å². The number of aromatic nitrogens is 1. The standard InChI is InChI=1S/C24H17ClN2O5S/c1-11-22(12(2)28)33-24(26-11)27-19(13-4-7-15(31-3)8-5-13)18-20(29)16-10-14(25)6-9-17(16)32-21(18)23(27)30/h4-10,19H,1-3H3. The molecule has 4 aromatic rings. The molecule has 2 aromatic heterocycles. The Morgan fingerprint density at radius 2 is 1.91 bits per heavy atom. The zero-order valence-corrected chi connectivity index (χ0v) is 19.4. The molecule has 5 rings (SSSR count). The monoisotopic (exact) mass is 480 g/mol. The molecule has 1 aliphatic rings. The van der Waals surface area contributed by atoms with Gasteiger partial charge >= 0.3 is 0 Å². The van der Waals surface area contributed by atoms with E-state index in [9.17, 15) is 14.4 Å². The highest BCUT2D eigenvalue weighted by Gasteiger charge is 2.45. The van der Waals surface area contributed by atoms with Crippen LogP contribution in [-0.4, -0.2) is 23.8 Å². The van der Waals surface area contributed by atoms with Crippen molar-refractivity contribution in [1.29, 1.82) is 0 Å². The van der Waals surface area contributed by atoms with Gasteiger partial charge < -0.3 is 9.15 Å². The summed E-state index contributed by atoms with van der Waals surface area (Å²) >= 11 is 7.23. The van der Waals surface area contributed by atoms with Crippen LogP contribution in [-0.2, 0) is 0 Å². The first-order valence-corrected chi connectivity index (χ1v) is 11.2. The van der Waals surface area contributed by atoms with E-state index in [1.165, 1.54) is 17.9 Å². The second-order valence-corrected chi connectivity index (χ2v) is 9.05. The van der Waals surface area contributed by atoms with Gasteiger partial charge in [0, 0.05) is 11.9 Å². The van der Waals surface area contributed by atoms with Crippen molar-refractivity contribution >= 4 is 50.7 Å². The molecule has 166 valence electrons. The van der Waals surface area contributed by atoms with Crippen molar-refractivity contribution < 1.29 is 18.7 Å². The van der Waals surface area contributed by atoms with Crippen LogP contribution in [0.5, 0.6) is 5.75 Å². The van der Waals surface area contributed by atoms with Gasteiger partial charge in [0.2, 0.25) is 5.76 Å². The molecule has 0 bridgehead atoms. The highest BCUT2D eigenvalue weighted by Crippen LogP contribution is 2.43. The van der Waals surface area contributed by atoms with Crippen LogP contribution in [0.2, 0.25) is 5.02 Å². The van der Waals surface area contributed by atoms with Gasteiger partial charge in [-0.1, -0.05) is 35.1 Å². The molecule has 1 aliphatic heterocycles. The molecule has 1 amide bonds. The summed E-state index contributed by atoms with van der Waals surface area (Å²) in [4.78, 5) is 45.6. The van der Waals surface area contributed by atoms with Crippen LogP contribution < -0.4 is 15.1 Å². The molecule has 0 aliphatic carbocycles. The van der Waals surface area contributed by atoms with Gasteiger partial charge in [-0.2, -0.15) is 0 Å². The second kappa shape index (κ2) is 7.83. The van der Waals surface area contributed by atoms with E-state index < -0.39 is 11.9 Å². The number of methoxy groups -OCH3 is 1. The average Bonchev–Trinajstić information content (AvgIpc) is 3.32.